The SMILES string of the molecule is COCCC1COS(=O)(=O)N1C(=O)O. The average Bonchev–Trinajstić information content (AvgIpc) is 2.37. The number of hydrogen-bond donors (Lipinski definition) is 1. The molecule has 7 nitrogen and oxygen atoms in total. The summed E-state index contributed by atoms with van der Waals surface area (Å²) in [4.78, 5) is 10.6. The monoisotopic (exact) mass is 225 g/mol. The van der Waals surface area contributed by atoms with E-state index in [-0.39, 0.29) is 13.2 Å². The lowest BCUT2D eigenvalue weighted by molar-refractivity contribution is 0.143. The van der Waals surface area contributed by atoms with Crippen LogP contribution in [0.4, 0.5) is 4.79 Å². The van der Waals surface area contributed by atoms with Crippen molar-refractivity contribution in [1.82, 2.24) is 4.31 Å². The predicted octanol–water partition coefficient (Wildman–Crippen LogP) is -0.353. The maximum atomic E-state index is 11.1. The number of carbonyl (C=O) groups is 1. The lowest BCUT2D eigenvalue weighted by Crippen LogP contribution is -2.38. The van der Waals surface area contributed by atoms with E-state index in [0.29, 0.717) is 10.7 Å². The second kappa shape index (κ2) is 4.11. The van der Waals surface area contributed by atoms with Gasteiger partial charge in [-0.2, -0.15) is 12.7 Å². The van der Waals surface area contributed by atoms with Gasteiger partial charge in [0.25, 0.3) is 0 Å². The zero-order valence-corrected chi connectivity index (χ0v) is 8.36. The fraction of sp³-hybridized carbons (Fsp3) is 0.833. The third-order valence-corrected chi connectivity index (χ3v) is 3.20. The molecule has 0 aromatic rings. The standard InChI is InChI=1S/C6H11NO6S/c1-12-3-2-5-4-13-14(10,11)7(5)6(8)9/h5H,2-4H2,1H3,(H,8,9). The van der Waals surface area contributed by atoms with Gasteiger partial charge in [-0.25, -0.2) is 4.79 Å². The highest BCUT2D eigenvalue weighted by molar-refractivity contribution is 7.85. The molecule has 0 saturated carbocycles. The van der Waals surface area contributed by atoms with Crippen LogP contribution in [0.3, 0.4) is 0 Å². The van der Waals surface area contributed by atoms with Gasteiger partial charge in [0, 0.05) is 13.7 Å². The molecule has 0 bridgehead atoms. The zero-order valence-electron chi connectivity index (χ0n) is 7.54. The van der Waals surface area contributed by atoms with E-state index < -0.39 is 22.4 Å². The van der Waals surface area contributed by atoms with Gasteiger partial charge < -0.3 is 9.84 Å². The molecular formula is C6H11NO6S. The Kier molecular flexibility index (Phi) is 3.29. The van der Waals surface area contributed by atoms with E-state index in [0.717, 1.165) is 0 Å². The van der Waals surface area contributed by atoms with E-state index in [1.807, 2.05) is 0 Å². The summed E-state index contributed by atoms with van der Waals surface area (Å²) in [5.41, 5.74) is 0. The Morgan fingerprint density at radius 3 is 2.86 bits per heavy atom. The van der Waals surface area contributed by atoms with Crippen molar-refractivity contribution in [2.24, 2.45) is 0 Å². The van der Waals surface area contributed by atoms with Crippen molar-refractivity contribution in [2.45, 2.75) is 12.5 Å². The van der Waals surface area contributed by atoms with E-state index in [1.54, 1.807) is 0 Å². The predicted molar refractivity (Wildman–Crippen MR) is 45.0 cm³/mol. The number of hydrogen-bond acceptors (Lipinski definition) is 5. The molecule has 82 valence electrons. The zero-order chi connectivity index (χ0) is 10.8. The average molecular weight is 225 g/mol. The van der Waals surface area contributed by atoms with Crippen LogP contribution in [0.5, 0.6) is 0 Å². The van der Waals surface area contributed by atoms with Crippen LogP contribution in [-0.4, -0.2) is 50.3 Å². The summed E-state index contributed by atoms with van der Waals surface area (Å²) < 4.78 is 31.6. The minimum Gasteiger partial charge on any atom is -0.464 e. The molecule has 14 heavy (non-hydrogen) atoms. The molecule has 0 aromatic heterocycles. The van der Waals surface area contributed by atoms with Crippen LogP contribution < -0.4 is 0 Å². The molecule has 8 heteroatoms. The number of ether oxygens (including phenoxy) is 1. The van der Waals surface area contributed by atoms with Gasteiger partial charge in [-0.3, -0.25) is 4.18 Å². The highest BCUT2D eigenvalue weighted by atomic mass is 32.2. The van der Waals surface area contributed by atoms with Gasteiger partial charge in [0.2, 0.25) is 0 Å². The second-order valence-electron chi connectivity index (χ2n) is 2.76. The molecule has 0 aromatic carbocycles. The smallest absolute Gasteiger partial charge is 0.423 e. The van der Waals surface area contributed by atoms with Gasteiger partial charge in [-0.15, -0.1) is 0 Å². The van der Waals surface area contributed by atoms with Crippen molar-refractivity contribution < 1.29 is 27.2 Å². The van der Waals surface area contributed by atoms with Gasteiger partial charge >= 0.3 is 16.4 Å². The maximum absolute atomic E-state index is 11.1. The Bertz CT molecular complexity index is 312. The lowest BCUT2D eigenvalue weighted by atomic mass is 10.2. The Morgan fingerprint density at radius 1 is 1.71 bits per heavy atom. The van der Waals surface area contributed by atoms with Crippen LogP contribution in [0.2, 0.25) is 0 Å². The normalized spacial score (nSPS) is 25.2. The third-order valence-electron chi connectivity index (χ3n) is 1.83. The molecule has 1 saturated heterocycles. The highest BCUT2D eigenvalue weighted by Gasteiger charge is 2.42. The quantitative estimate of drug-likeness (QED) is 0.705. The summed E-state index contributed by atoms with van der Waals surface area (Å²) in [5.74, 6) is 0. The number of rotatable bonds is 3. The van der Waals surface area contributed by atoms with Crippen molar-refractivity contribution in [3.8, 4) is 0 Å². The molecule has 1 N–H and O–H groups in total. The number of nitrogens with zero attached hydrogens (tertiary/aromatic N) is 1. The van der Waals surface area contributed by atoms with Gasteiger partial charge in [-0.1, -0.05) is 0 Å². The van der Waals surface area contributed by atoms with Crippen molar-refractivity contribution in [2.75, 3.05) is 20.3 Å². The molecule has 1 aliphatic heterocycles. The summed E-state index contributed by atoms with van der Waals surface area (Å²) >= 11 is 0. The second-order valence-corrected chi connectivity index (χ2v) is 4.24. The Labute approximate surface area is 81.5 Å². The molecule has 1 heterocycles. The first-order valence-corrected chi connectivity index (χ1v) is 5.26. The van der Waals surface area contributed by atoms with E-state index in [2.05, 4.69) is 4.18 Å². The van der Waals surface area contributed by atoms with Crippen LogP contribution >= 0.6 is 0 Å². The molecule has 1 atom stereocenters. The van der Waals surface area contributed by atoms with Crippen LogP contribution in [-0.2, 0) is 19.2 Å². The minimum absolute atomic E-state index is 0.141. The molecule has 1 unspecified atom stereocenters. The van der Waals surface area contributed by atoms with Crippen LogP contribution in [0.1, 0.15) is 6.42 Å². The third kappa shape index (κ3) is 2.14. The lowest BCUT2D eigenvalue weighted by Gasteiger charge is -2.16. The number of amides is 1. The first-order chi connectivity index (χ1) is 6.49. The Morgan fingerprint density at radius 2 is 2.36 bits per heavy atom. The van der Waals surface area contributed by atoms with Gasteiger partial charge in [0.1, 0.15) is 0 Å². The van der Waals surface area contributed by atoms with Crippen LogP contribution in [0.25, 0.3) is 0 Å². The molecule has 1 rings (SSSR count). The Balaban J connectivity index is 2.74. The molecule has 1 amide bonds. The van der Waals surface area contributed by atoms with Gasteiger partial charge in [0.05, 0.1) is 12.6 Å². The molecule has 0 radical (unpaired) electrons. The fourth-order valence-corrected chi connectivity index (χ4v) is 2.34. The molecule has 0 aliphatic carbocycles. The topological polar surface area (TPSA) is 93.1 Å². The van der Waals surface area contributed by atoms with Crippen LogP contribution in [0.15, 0.2) is 0 Å². The molecule has 0 spiro atoms. The summed E-state index contributed by atoms with van der Waals surface area (Å²) in [6, 6.07) is -0.683. The summed E-state index contributed by atoms with van der Waals surface area (Å²) in [7, 11) is -2.63. The van der Waals surface area contributed by atoms with Gasteiger partial charge in [0.15, 0.2) is 0 Å². The van der Waals surface area contributed by atoms with Crippen molar-refractivity contribution in [3.63, 3.8) is 0 Å². The largest absolute Gasteiger partial charge is 0.464 e. The number of methoxy groups -OCH3 is 1. The summed E-state index contributed by atoms with van der Waals surface area (Å²) in [6.45, 7) is 0.144. The van der Waals surface area contributed by atoms with E-state index in [4.69, 9.17) is 9.84 Å². The van der Waals surface area contributed by atoms with E-state index >= 15 is 0 Å². The van der Waals surface area contributed by atoms with E-state index in [1.165, 1.54) is 7.11 Å². The number of carboxylic acid groups (broad SMARTS) is 1. The van der Waals surface area contributed by atoms with Crippen molar-refractivity contribution in [3.05, 3.63) is 0 Å². The highest BCUT2D eigenvalue weighted by Crippen LogP contribution is 2.20. The maximum Gasteiger partial charge on any atom is 0.423 e. The summed E-state index contributed by atoms with van der Waals surface area (Å²) in [6.07, 6.45) is -1.23. The van der Waals surface area contributed by atoms with Crippen molar-refractivity contribution >= 4 is 16.4 Å². The van der Waals surface area contributed by atoms with Crippen molar-refractivity contribution in [1.29, 1.82) is 0 Å². The van der Waals surface area contributed by atoms with Gasteiger partial charge in [-0.05, 0) is 6.42 Å². The summed E-state index contributed by atoms with van der Waals surface area (Å²) in [5, 5.41) is 8.64. The molecule has 1 aliphatic rings. The van der Waals surface area contributed by atoms with E-state index in [9.17, 15) is 13.2 Å². The fourth-order valence-electron chi connectivity index (χ4n) is 1.18. The Hall–Kier alpha value is -0.860. The molecule has 1 fully saturated rings. The molecular weight excluding hydrogens is 214 g/mol. The van der Waals surface area contributed by atoms with Crippen LogP contribution in [0, 0.1) is 0 Å². The first-order valence-electron chi connectivity index (χ1n) is 3.89. The first kappa shape index (κ1) is 11.2. The minimum atomic E-state index is -4.09.